The van der Waals surface area contributed by atoms with Gasteiger partial charge in [-0.05, 0) is 18.9 Å². The van der Waals surface area contributed by atoms with Gasteiger partial charge in [0.05, 0.1) is 25.0 Å². The predicted molar refractivity (Wildman–Crippen MR) is 83.4 cm³/mol. The van der Waals surface area contributed by atoms with Crippen LogP contribution in [0.2, 0.25) is 0 Å². The Balaban J connectivity index is 1.74. The lowest BCUT2D eigenvalue weighted by Gasteiger charge is -2.31. The van der Waals surface area contributed by atoms with Crippen LogP contribution in [0.15, 0.2) is 6.07 Å². The monoisotopic (exact) mass is 295 g/mol. The standard InChI is InChI=1S/C16H29N3O2/c1-16(2,3)15-11-13(17-18-15)12-19-7-5-14(6-8-19)21-10-9-20-4/h11,14H,5-10,12H2,1-4H3,(H,17,18). The van der Waals surface area contributed by atoms with Gasteiger partial charge >= 0.3 is 0 Å². The van der Waals surface area contributed by atoms with E-state index in [9.17, 15) is 0 Å². The molecule has 1 fully saturated rings. The summed E-state index contributed by atoms with van der Waals surface area (Å²) in [6, 6.07) is 2.20. The van der Waals surface area contributed by atoms with E-state index in [-0.39, 0.29) is 5.41 Å². The van der Waals surface area contributed by atoms with Gasteiger partial charge in [-0.2, -0.15) is 5.10 Å². The number of H-pyrrole nitrogens is 1. The summed E-state index contributed by atoms with van der Waals surface area (Å²) in [6.07, 6.45) is 2.59. The molecule has 1 aromatic heterocycles. The second-order valence-electron chi connectivity index (χ2n) is 6.87. The molecule has 0 unspecified atom stereocenters. The number of rotatable bonds is 6. The summed E-state index contributed by atoms with van der Waals surface area (Å²) < 4.78 is 10.8. The number of hydrogen-bond donors (Lipinski definition) is 1. The zero-order valence-corrected chi connectivity index (χ0v) is 13.8. The van der Waals surface area contributed by atoms with E-state index in [4.69, 9.17) is 9.47 Å². The van der Waals surface area contributed by atoms with E-state index in [0.29, 0.717) is 19.3 Å². The fourth-order valence-electron chi connectivity index (χ4n) is 2.60. The van der Waals surface area contributed by atoms with Gasteiger partial charge in [0, 0.05) is 37.9 Å². The van der Waals surface area contributed by atoms with Gasteiger partial charge in [0.1, 0.15) is 0 Å². The zero-order chi connectivity index (χ0) is 15.3. The van der Waals surface area contributed by atoms with E-state index in [1.165, 1.54) is 5.69 Å². The summed E-state index contributed by atoms with van der Waals surface area (Å²) in [6.45, 7) is 11.1. The van der Waals surface area contributed by atoms with Crippen LogP contribution in [-0.2, 0) is 21.4 Å². The van der Waals surface area contributed by atoms with Crippen LogP contribution in [0.5, 0.6) is 0 Å². The first-order chi connectivity index (χ1) is 9.99. The Hall–Kier alpha value is -0.910. The Kier molecular flexibility index (Phi) is 5.79. The van der Waals surface area contributed by atoms with Crippen molar-refractivity contribution in [3.8, 4) is 0 Å². The van der Waals surface area contributed by atoms with Crippen molar-refractivity contribution in [2.24, 2.45) is 0 Å². The molecule has 1 aliphatic heterocycles. The van der Waals surface area contributed by atoms with Crippen molar-refractivity contribution in [1.82, 2.24) is 15.1 Å². The number of ether oxygens (including phenoxy) is 2. The molecule has 1 aromatic rings. The minimum absolute atomic E-state index is 0.108. The van der Waals surface area contributed by atoms with Crippen molar-refractivity contribution in [3.63, 3.8) is 0 Å². The molecule has 0 radical (unpaired) electrons. The number of hydrogen-bond acceptors (Lipinski definition) is 4. The van der Waals surface area contributed by atoms with E-state index in [2.05, 4.69) is 41.9 Å². The molecule has 0 aromatic carbocycles. The highest BCUT2D eigenvalue weighted by atomic mass is 16.5. The summed E-state index contributed by atoms with van der Waals surface area (Å²) in [5.41, 5.74) is 2.45. The van der Waals surface area contributed by atoms with Crippen molar-refractivity contribution in [1.29, 1.82) is 0 Å². The van der Waals surface area contributed by atoms with E-state index in [0.717, 1.165) is 38.2 Å². The third-order valence-electron chi connectivity index (χ3n) is 3.97. The second kappa shape index (κ2) is 7.38. The molecule has 0 amide bonds. The predicted octanol–water partition coefficient (Wildman–Crippen LogP) is 2.33. The molecule has 5 nitrogen and oxygen atoms in total. The van der Waals surface area contributed by atoms with Crippen LogP contribution in [0.25, 0.3) is 0 Å². The Morgan fingerprint density at radius 1 is 1.29 bits per heavy atom. The number of aromatic nitrogens is 2. The molecule has 1 saturated heterocycles. The smallest absolute Gasteiger partial charge is 0.0704 e. The minimum Gasteiger partial charge on any atom is -0.382 e. The van der Waals surface area contributed by atoms with Crippen LogP contribution < -0.4 is 0 Å². The number of nitrogens with zero attached hydrogens (tertiary/aromatic N) is 2. The topological polar surface area (TPSA) is 50.4 Å². The van der Waals surface area contributed by atoms with Crippen molar-refractivity contribution in [3.05, 3.63) is 17.5 Å². The maximum Gasteiger partial charge on any atom is 0.0704 e. The van der Waals surface area contributed by atoms with Gasteiger partial charge < -0.3 is 9.47 Å². The van der Waals surface area contributed by atoms with Crippen LogP contribution in [-0.4, -0.2) is 54.6 Å². The van der Waals surface area contributed by atoms with E-state index in [1.54, 1.807) is 7.11 Å². The van der Waals surface area contributed by atoms with Crippen LogP contribution in [0.1, 0.15) is 45.0 Å². The largest absolute Gasteiger partial charge is 0.382 e. The Morgan fingerprint density at radius 2 is 2.00 bits per heavy atom. The maximum absolute atomic E-state index is 5.80. The molecule has 120 valence electrons. The summed E-state index contributed by atoms with van der Waals surface area (Å²) in [4.78, 5) is 2.47. The first kappa shape index (κ1) is 16.5. The molecule has 2 rings (SSSR count). The molecule has 0 aliphatic carbocycles. The quantitative estimate of drug-likeness (QED) is 0.818. The van der Waals surface area contributed by atoms with Crippen molar-refractivity contribution in [2.75, 3.05) is 33.4 Å². The van der Waals surface area contributed by atoms with E-state index < -0.39 is 0 Å². The molecule has 21 heavy (non-hydrogen) atoms. The average Bonchev–Trinajstić information content (AvgIpc) is 2.90. The number of likely N-dealkylation sites (tertiary alicyclic amines) is 1. The second-order valence-corrected chi connectivity index (χ2v) is 6.87. The highest BCUT2D eigenvalue weighted by Crippen LogP contribution is 2.21. The normalized spacial score (nSPS) is 18.3. The summed E-state index contributed by atoms with van der Waals surface area (Å²) >= 11 is 0. The van der Waals surface area contributed by atoms with Gasteiger partial charge in [-0.25, -0.2) is 0 Å². The van der Waals surface area contributed by atoms with E-state index in [1.807, 2.05) is 0 Å². The first-order valence-corrected chi connectivity index (χ1v) is 7.86. The lowest BCUT2D eigenvalue weighted by molar-refractivity contribution is -0.0159. The highest BCUT2D eigenvalue weighted by Gasteiger charge is 2.21. The van der Waals surface area contributed by atoms with Gasteiger partial charge in [0.15, 0.2) is 0 Å². The molecule has 0 atom stereocenters. The Bertz CT molecular complexity index is 417. The molecular formula is C16H29N3O2. The third-order valence-corrected chi connectivity index (χ3v) is 3.97. The third kappa shape index (κ3) is 5.09. The molecule has 0 spiro atoms. The zero-order valence-electron chi connectivity index (χ0n) is 13.8. The van der Waals surface area contributed by atoms with E-state index >= 15 is 0 Å². The number of piperidine rings is 1. The van der Waals surface area contributed by atoms with Crippen LogP contribution in [0.3, 0.4) is 0 Å². The molecular weight excluding hydrogens is 266 g/mol. The van der Waals surface area contributed by atoms with Gasteiger partial charge in [-0.3, -0.25) is 10.00 Å². The number of nitrogens with one attached hydrogen (secondary N) is 1. The van der Waals surface area contributed by atoms with Gasteiger partial charge in [0.25, 0.3) is 0 Å². The average molecular weight is 295 g/mol. The molecule has 0 saturated carbocycles. The van der Waals surface area contributed by atoms with Crippen LogP contribution >= 0.6 is 0 Å². The Labute approximate surface area is 128 Å². The SMILES string of the molecule is COCCOC1CCN(Cc2cc(C(C)(C)C)n[nH]2)CC1. The van der Waals surface area contributed by atoms with Gasteiger partial charge in [0.2, 0.25) is 0 Å². The molecule has 5 heteroatoms. The first-order valence-electron chi connectivity index (χ1n) is 7.86. The number of aromatic amines is 1. The van der Waals surface area contributed by atoms with Crippen molar-refractivity contribution < 1.29 is 9.47 Å². The Morgan fingerprint density at radius 3 is 2.57 bits per heavy atom. The number of methoxy groups -OCH3 is 1. The molecule has 1 N–H and O–H groups in total. The van der Waals surface area contributed by atoms with Gasteiger partial charge in [-0.1, -0.05) is 20.8 Å². The maximum atomic E-state index is 5.80. The van der Waals surface area contributed by atoms with Crippen LogP contribution in [0.4, 0.5) is 0 Å². The minimum atomic E-state index is 0.108. The van der Waals surface area contributed by atoms with Crippen molar-refractivity contribution >= 4 is 0 Å². The lowest BCUT2D eigenvalue weighted by Crippen LogP contribution is -2.37. The highest BCUT2D eigenvalue weighted by molar-refractivity contribution is 5.16. The lowest BCUT2D eigenvalue weighted by atomic mass is 9.92. The van der Waals surface area contributed by atoms with Crippen LogP contribution in [0, 0.1) is 0 Å². The summed E-state index contributed by atoms with van der Waals surface area (Å²) in [5, 5.41) is 7.60. The molecule has 1 aliphatic rings. The van der Waals surface area contributed by atoms with Gasteiger partial charge in [-0.15, -0.1) is 0 Å². The molecule has 2 heterocycles. The fraction of sp³-hybridized carbons (Fsp3) is 0.812. The fourth-order valence-corrected chi connectivity index (χ4v) is 2.60. The van der Waals surface area contributed by atoms with Crippen molar-refractivity contribution in [2.45, 2.75) is 51.7 Å². The summed E-state index contributed by atoms with van der Waals surface area (Å²) in [5.74, 6) is 0. The summed E-state index contributed by atoms with van der Waals surface area (Å²) in [7, 11) is 1.71. The molecule has 0 bridgehead atoms.